The monoisotopic (exact) mass is 300 g/mol. The fourth-order valence-corrected chi connectivity index (χ4v) is 3.08. The topological polar surface area (TPSA) is 81.0 Å². The summed E-state index contributed by atoms with van der Waals surface area (Å²) >= 11 is 1.56. The highest BCUT2D eigenvalue weighted by Gasteiger charge is 2.13. The largest absolute Gasteiger partial charge is 0.364 e. The van der Waals surface area contributed by atoms with Gasteiger partial charge in [0, 0.05) is 18.2 Å². The Balaban J connectivity index is 1.89. The molecular weight excluding hydrogens is 288 g/mol. The second kappa shape index (κ2) is 5.45. The molecule has 21 heavy (non-hydrogen) atoms. The van der Waals surface area contributed by atoms with Crippen LogP contribution in [0.25, 0.3) is 10.2 Å². The predicted molar refractivity (Wildman–Crippen MR) is 82.6 cm³/mol. The van der Waals surface area contributed by atoms with Crippen LogP contribution in [0.1, 0.15) is 11.1 Å². The van der Waals surface area contributed by atoms with Crippen molar-refractivity contribution in [1.82, 2.24) is 9.97 Å². The molecule has 0 spiro atoms. The first-order valence-electron chi connectivity index (χ1n) is 6.32. The zero-order valence-corrected chi connectivity index (χ0v) is 12.1. The maximum absolute atomic E-state index is 11.0. The van der Waals surface area contributed by atoms with Gasteiger partial charge in [-0.2, -0.15) is 0 Å². The van der Waals surface area contributed by atoms with E-state index in [0.717, 1.165) is 15.8 Å². The van der Waals surface area contributed by atoms with Crippen molar-refractivity contribution in [2.75, 3.05) is 5.32 Å². The SMILES string of the molecule is Cc1csc2c(NCc3ccccc3[N+](=O)[O-])ncnc12. The molecule has 0 atom stereocenters. The van der Waals surface area contributed by atoms with Crippen LogP contribution >= 0.6 is 11.3 Å². The third-order valence-corrected chi connectivity index (χ3v) is 4.26. The van der Waals surface area contributed by atoms with Gasteiger partial charge >= 0.3 is 0 Å². The molecule has 2 heterocycles. The molecule has 1 aromatic carbocycles. The van der Waals surface area contributed by atoms with E-state index in [1.54, 1.807) is 29.5 Å². The number of aromatic nitrogens is 2. The van der Waals surface area contributed by atoms with Gasteiger partial charge in [0.2, 0.25) is 0 Å². The Kier molecular flexibility index (Phi) is 3.49. The smallest absolute Gasteiger partial charge is 0.274 e. The summed E-state index contributed by atoms with van der Waals surface area (Å²) in [4.78, 5) is 19.1. The van der Waals surface area contributed by atoms with Crippen LogP contribution in [0.2, 0.25) is 0 Å². The van der Waals surface area contributed by atoms with Gasteiger partial charge in [0.25, 0.3) is 5.69 Å². The molecule has 0 aliphatic carbocycles. The van der Waals surface area contributed by atoms with E-state index >= 15 is 0 Å². The fraction of sp³-hybridized carbons (Fsp3) is 0.143. The molecule has 6 nitrogen and oxygen atoms in total. The third-order valence-electron chi connectivity index (χ3n) is 3.17. The molecule has 0 fully saturated rings. The van der Waals surface area contributed by atoms with Gasteiger partial charge in [-0.05, 0) is 17.9 Å². The van der Waals surface area contributed by atoms with Gasteiger partial charge in [-0.15, -0.1) is 11.3 Å². The quantitative estimate of drug-likeness (QED) is 0.589. The Bertz CT molecular complexity index is 816. The van der Waals surface area contributed by atoms with Gasteiger partial charge in [-0.3, -0.25) is 10.1 Å². The number of anilines is 1. The summed E-state index contributed by atoms with van der Waals surface area (Å²) in [6, 6.07) is 6.69. The number of benzene rings is 1. The summed E-state index contributed by atoms with van der Waals surface area (Å²) < 4.78 is 0.966. The highest BCUT2D eigenvalue weighted by atomic mass is 32.1. The van der Waals surface area contributed by atoms with E-state index in [2.05, 4.69) is 15.3 Å². The number of aryl methyl sites for hydroxylation is 1. The summed E-state index contributed by atoms with van der Waals surface area (Å²) in [5.74, 6) is 0.705. The number of nitro groups is 1. The first-order valence-corrected chi connectivity index (χ1v) is 7.19. The molecule has 1 N–H and O–H groups in total. The molecule has 0 radical (unpaired) electrons. The Morgan fingerprint density at radius 1 is 1.33 bits per heavy atom. The average molecular weight is 300 g/mol. The van der Waals surface area contributed by atoms with Crippen LogP contribution in [0.5, 0.6) is 0 Å². The molecule has 0 bridgehead atoms. The van der Waals surface area contributed by atoms with Crippen molar-refractivity contribution in [3.63, 3.8) is 0 Å². The number of hydrogen-bond acceptors (Lipinski definition) is 6. The lowest BCUT2D eigenvalue weighted by atomic mass is 10.2. The van der Waals surface area contributed by atoms with Crippen molar-refractivity contribution in [3.05, 3.63) is 57.2 Å². The van der Waals surface area contributed by atoms with Crippen LogP contribution in [-0.2, 0) is 6.54 Å². The summed E-state index contributed by atoms with van der Waals surface area (Å²) in [6.07, 6.45) is 1.50. The number of rotatable bonds is 4. The lowest BCUT2D eigenvalue weighted by Crippen LogP contribution is -2.04. The van der Waals surface area contributed by atoms with Gasteiger partial charge in [-0.25, -0.2) is 9.97 Å². The number of nitrogens with zero attached hydrogens (tertiary/aromatic N) is 3. The van der Waals surface area contributed by atoms with Gasteiger partial charge in [-0.1, -0.05) is 18.2 Å². The fourth-order valence-electron chi connectivity index (χ4n) is 2.11. The highest BCUT2D eigenvalue weighted by Crippen LogP contribution is 2.29. The van der Waals surface area contributed by atoms with E-state index in [1.165, 1.54) is 12.4 Å². The normalized spacial score (nSPS) is 10.7. The maximum atomic E-state index is 11.0. The number of para-hydroxylation sites is 1. The molecule has 0 aliphatic rings. The molecule has 0 saturated carbocycles. The van der Waals surface area contributed by atoms with Crippen LogP contribution < -0.4 is 5.32 Å². The van der Waals surface area contributed by atoms with Crippen molar-refractivity contribution in [3.8, 4) is 0 Å². The Hall–Kier alpha value is -2.54. The molecule has 2 aromatic heterocycles. The van der Waals surface area contributed by atoms with E-state index in [9.17, 15) is 10.1 Å². The third kappa shape index (κ3) is 2.55. The van der Waals surface area contributed by atoms with Gasteiger partial charge in [0.15, 0.2) is 0 Å². The second-order valence-electron chi connectivity index (χ2n) is 4.56. The van der Waals surface area contributed by atoms with E-state index in [-0.39, 0.29) is 10.6 Å². The zero-order valence-electron chi connectivity index (χ0n) is 11.2. The molecular formula is C14H12N4O2S. The van der Waals surface area contributed by atoms with E-state index < -0.39 is 0 Å². The van der Waals surface area contributed by atoms with E-state index in [0.29, 0.717) is 17.9 Å². The van der Waals surface area contributed by atoms with E-state index in [4.69, 9.17) is 0 Å². The molecule has 0 aliphatic heterocycles. The lowest BCUT2D eigenvalue weighted by Gasteiger charge is -2.07. The predicted octanol–water partition coefficient (Wildman–Crippen LogP) is 3.52. The van der Waals surface area contributed by atoms with Crippen molar-refractivity contribution in [1.29, 1.82) is 0 Å². The molecule has 0 amide bonds. The van der Waals surface area contributed by atoms with Crippen LogP contribution in [0.4, 0.5) is 11.5 Å². The van der Waals surface area contributed by atoms with Crippen molar-refractivity contribution in [2.45, 2.75) is 13.5 Å². The van der Waals surface area contributed by atoms with Gasteiger partial charge < -0.3 is 5.32 Å². The molecule has 3 aromatic rings. The molecule has 3 rings (SSSR count). The molecule has 106 valence electrons. The summed E-state index contributed by atoms with van der Waals surface area (Å²) in [6.45, 7) is 2.35. The van der Waals surface area contributed by atoms with Crippen molar-refractivity contribution < 1.29 is 4.92 Å². The number of hydrogen-bond donors (Lipinski definition) is 1. The number of thiophene rings is 1. The average Bonchev–Trinajstić information content (AvgIpc) is 2.87. The first-order chi connectivity index (χ1) is 10.2. The van der Waals surface area contributed by atoms with Crippen LogP contribution in [0, 0.1) is 17.0 Å². The first kappa shape index (κ1) is 13.4. The van der Waals surface area contributed by atoms with Gasteiger partial charge in [0.05, 0.1) is 15.1 Å². The minimum Gasteiger partial charge on any atom is -0.364 e. The number of nitro benzene ring substituents is 1. The standard InChI is InChI=1S/C14H12N4O2S/c1-9-7-21-13-12(9)16-8-17-14(13)15-6-10-4-2-3-5-11(10)18(19)20/h2-5,7-8H,6H2,1H3,(H,15,16,17). The van der Waals surface area contributed by atoms with E-state index in [1.807, 2.05) is 12.3 Å². The summed E-state index contributed by atoms with van der Waals surface area (Å²) in [7, 11) is 0. The highest BCUT2D eigenvalue weighted by molar-refractivity contribution is 7.18. The zero-order chi connectivity index (χ0) is 14.8. The van der Waals surface area contributed by atoms with Crippen LogP contribution in [0.3, 0.4) is 0 Å². The van der Waals surface area contributed by atoms with Crippen LogP contribution in [-0.4, -0.2) is 14.9 Å². The van der Waals surface area contributed by atoms with Crippen LogP contribution in [0.15, 0.2) is 36.0 Å². The Labute approximate surface area is 124 Å². The Morgan fingerprint density at radius 2 is 2.14 bits per heavy atom. The number of fused-ring (bicyclic) bond motifs is 1. The minimum atomic E-state index is -0.373. The Morgan fingerprint density at radius 3 is 2.95 bits per heavy atom. The summed E-state index contributed by atoms with van der Waals surface area (Å²) in [5.41, 5.74) is 2.76. The summed E-state index contributed by atoms with van der Waals surface area (Å²) in [5, 5.41) is 16.2. The van der Waals surface area contributed by atoms with Crippen molar-refractivity contribution in [2.24, 2.45) is 0 Å². The minimum absolute atomic E-state index is 0.109. The van der Waals surface area contributed by atoms with Gasteiger partial charge in [0.1, 0.15) is 12.1 Å². The molecule has 0 unspecified atom stereocenters. The molecule has 7 heteroatoms. The maximum Gasteiger partial charge on any atom is 0.274 e. The van der Waals surface area contributed by atoms with Crippen molar-refractivity contribution >= 4 is 33.1 Å². The lowest BCUT2D eigenvalue weighted by molar-refractivity contribution is -0.385. The molecule has 0 saturated heterocycles. The number of nitrogens with one attached hydrogen (secondary N) is 1. The second-order valence-corrected chi connectivity index (χ2v) is 5.44.